The minimum Gasteiger partial charge on any atom is -0.339 e. The summed E-state index contributed by atoms with van der Waals surface area (Å²) in [5.41, 5.74) is 0.0962. The lowest BCUT2D eigenvalue weighted by atomic mass is 10.3. The number of nitrogens with zero attached hydrogens (tertiary/aromatic N) is 2. The van der Waals surface area contributed by atoms with Crippen LogP contribution in [0, 0.1) is 10.1 Å². The second kappa shape index (κ2) is 4.14. The summed E-state index contributed by atoms with van der Waals surface area (Å²) in [5.74, 6) is 0. The highest BCUT2D eigenvalue weighted by atomic mass is 32.2. The maximum Gasteiger partial charge on any atom is 0.283 e. The van der Waals surface area contributed by atoms with Crippen LogP contribution in [-0.2, 0) is 0 Å². The maximum absolute atomic E-state index is 10.7. The zero-order valence-corrected chi connectivity index (χ0v) is 8.40. The molecule has 0 spiro atoms. The van der Waals surface area contributed by atoms with Crippen molar-refractivity contribution in [2.45, 2.75) is 10.1 Å². The number of hydrogen-bond acceptors (Lipinski definition) is 4. The molecule has 0 radical (unpaired) electrons. The third-order valence-corrected chi connectivity index (χ3v) is 2.72. The number of benzene rings is 1. The molecule has 1 heterocycles. The van der Waals surface area contributed by atoms with E-state index in [1.54, 1.807) is 30.6 Å². The van der Waals surface area contributed by atoms with Gasteiger partial charge in [-0.05, 0) is 17.8 Å². The molecular formula is C9H7N3O2S. The number of hydrogen-bond donors (Lipinski definition) is 1. The average molecular weight is 221 g/mol. The lowest BCUT2D eigenvalue weighted by Gasteiger charge is -1.98. The number of aromatic nitrogens is 2. The second-order valence-corrected chi connectivity index (χ2v) is 3.75. The zero-order chi connectivity index (χ0) is 10.7. The number of nitrogens with one attached hydrogen (secondary N) is 1. The molecule has 2 aromatic rings. The van der Waals surface area contributed by atoms with Gasteiger partial charge in [-0.1, -0.05) is 12.1 Å². The molecule has 0 aliphatic rings. The molecule has 1 N–H and O–H groups in total. The minimum atomic E-state index is -0.398. The van der Waals surface area contributed by atoms with Gasteiger partial charge >= 0.3 is 0 Å². The summed E-state index contributed by atoms with van der Waals surface area (Å²) in [6.45, 7) is 0. The zero-order valence-electron chi connectivity index (χ0n) is 7.58. The van der Waals surface area contributed by atoms with Gasteiger partial charge in [0.2, 0.25) is 0 Å². The molecule has 0 bridgehead atoms. The molecule has 15 heavy (non-hydrogen) atoms. The van der Waals surface area contributed by atoms with Crippen LogP contribution < -0.4 is 0 Å². The van der Waals surface area contributed by atoms with Crippen molar-refractivity contribution in [3.8, 4) is 0 Å². The van der Waals surface area contributed by atoms with E-state index in [1.807, 2.05) is 0 Å². The fourth-order valence-corrected chi connectivity index (χ4v) is 1.95. The molecule has 5 nitrogen and oxygen atoms in total. The number of para-hydroxylation sites is 1. The monoisotopic (exact) mass is 221 g/mol. The molecule has 6 heteroatoms. The summed E-state index contributed by atoms with van der Waals surface area (Å²) in [6.07, 6.45) is 3.29. The van der Waals surface area contributed by atoms with Gasteiger partial charge in [0.15, 0.2) is 5.16 Å². The Kier molecular flexibility index (Phi) is 2.68. The van der Waals surface area contributed by atoms with E-state index >= 15 is 0 Å². The Morgan fingerprint density at radius 1 is 1.40 bits per heavy atom. The lowest BCUT2D eigenvalue weighted by Crippen LogP contribution is -1.90. The van der Waals surface area contributed by atoms with Gasteiger partial charge in [0.1, 0.15) is 0 Å². The molecule has 0 unspecified atom stereocenters. The van der Waals surface area contributed by atoms with Gasteiger partial charge < -0.3 is 4.98 Å². The molecule has 0 saturated heterocycles. The molecule has 0 fully saturated rings. The number of H-pyrrole nitrogens is 1. The van der Waals surface area contributed by atoms with E-state index < -0.39 is 4.92 Å². The van der Waals surface area contributed by atoms with Gasteiger partial charge in [-0.15, -0.1) is 0 Å². The van der Waals surface area contributed by atoms with Crippen LogP contribution >= 0.6 is 11.8 Å². The Bertz CT molecular complexity index is 470. The quantitative estimate of drug-likeness (QED) is 0.638. The Hall–Kier alpha value is -1.82. The van der Waals surface area contributed by atoms with Crippen molar-refractivity contribution in [2.75, 3.05) is 0 Å². The van der Waals surface area contributed by atoms with Crippen LogP contribution in [0.2, 0.25) is 0 Å². The van der Waals surface area contributed by atoms with Crippen molar-refractivity contribution in [3.05, 3.63) is 46.8 Å². The molecular weight excluding hydrogens is 214 g/mol. The normalized spacial score (nSPS) is 10.1. The highest BCUT2D eigenvalue weighted by Gasteiger charge is 2.13. The first-order valence-electron chi connectivity index (χ1n) is 4.18. The molecule has 2 rings (SSSR count). The fourth-order valence-electron chi connectivity index (χ4n) is 1.11. The van der Waals surface area contributed by atoms with Crippen molar-refractivity contribution in [1.29, 1.82) is 0 Å². The van der Waals surface area contributed by atoms with E-state index in [9.17, 15) is 10.1 Å². The largest absolute Gasteiger partial charge is 0.339 e. The predicted molar refractivity (Wildman–Crippen MR) is 55.8 cm³/mol. The molecule has 1 aromatic heterocycles. The fraction of sp³-hybridized carbons (Fsp3) is 0. The maximum atomic E-state index is 10.7. The average Bonchev–Trinajstić information content (AvgIpc) is 2.71. The van der Waals surface area contributed by atoms with E-state index in [0.29, 0.717) is 10.1 Å². The molecule has 0 amide bonds. The summed E-state index contributed by atoms with van der Waals surface area (Å²) in [5, 5.41) is 11.4. The van der Waals surface area contributed by atoms with Crippen molar-refractivity contribution < 1.29 is 4.92 Å². The van der Waals surface area contributed by atoms with Crippen LogP contribution in [0.5, 0.6) is 0 Å². The Balaban J connectivity index is 2.32. The van der Waals surface area contributed by atoms with Gasteiger partial charge in [0.05, 0.1) is 9.82 Å². The standard InChI is InChI=1S/C9H7N3O2S/c13-12(14)7-3-1-2-4-8(7)15-9-10-5-6-11-9/h1-6H,(H,10,11). The Morgan fingerprint density at radius 3 is 2.87 bits per heavy atom. The summed E-state index contributed by atoms with van der Waals surface area (Å²) >= 11 is 1.24. The van der Waals surface area contributed by atoms with Gasteiger partial charge in [-0.2, -0.15) is 0 Å². The van der Waals surface area contributed by atoms with E-state index in [2.05, 4.69) is 9.97 Å². The van der Waals surface area contributed by atoms with Crippen LogP contribution in [0.3, 0.4) is 0 Å². The number of aromatic amines is 1. The third kappa shape index (κ3) is 2.16. The summed E-state index contributed by atoms with van der Waals surface area (Å²) < 4.78 is 0. The van der Waals surface area contributed by atoms with E-state index in [0.717, 1.165) is 0 Å². The van der Waals surface area contributed by atoms with E-state index in [4.69, 9.17) is 0 Å². The van der Waals surface area contributed by atoms with Crippen molar-refractivity contribution >= 4 is 17.4 Å². The first kappa shape index (κ1) is 9.72. The number of imidazole rings is 1. The minimum absolute atomic E-state index is 0.0962. The molecule has 1 aromatic carbocycles. The van der Waals surface area contributed by atoms with Crippen molar-refractivity contribution in [2.24, 2.45) is 0 Å². The first-order valence-corrected chi connectivity index (χ1v) is 4.99. The van der Waals surface area contributed by atoms with E-state index in [1.165, 1.54) is 17.8 Å². The van der Waals surface area contributed by atoms with Gasteiger partial charge in [-0.3, -0.25) is 10.1 Å². The first-order chi connectivity index (χ1) is 7.27. The van der Waals surface area contributed by atoms with Crippen molar-refractivity contribution in [3.63, 3.8) is 0 Å². The van der Waals surface area contributed by atoms with Crippen LogP contribution in [0.1, 0.15) is 0 Å². The molecule has 0 aliphatic heterocycles. The van der Waals surface area contributed by atoms with Gasteiger partial charge in [0.25, 0.3) is 5.69 Å². The second-order valence-electron chi connectivity index (χ2n) is 2.72. The molecule has 0 aliphatic carbocycles. The lowest BCUT2D eigenvalue weighted by molar-refractivity contribution is -0.387. The SMILES string of the molecule is O=[N+]([O-])c1ccccc1Sc1ncc[nH]1. The number of rotatable bonds is 3. The number of nitro groups is 1. The van der Waals surface area contributed by atoms with Crippen molar-refractivity contribution in [1.82, 2.24) is 9.97 Å². The van der Waals surface area contributed by atoms with Crippen LogP contribution in [-0.4, -0.2) is 14.9 Å². The third-order valence-electron chi connectivity index (χ3n) is 1.74. The van der Waals surface area contributed by atoms with Gasteiger partial charge in [0, 0.05) is 18.5 Å². The highest BCUT2D eigenvalue weighted by molar-refractivity contribution is 7.99. The topological polar surface area (TPSA) is 71.8 Å². The summed E-state index contributed by atoms with van der Waals surface area (Å²) in [6, 6.07) is 6.58. The molecule has 0 atom stereocenters. The smallest absolute Gasteiger partial charge is 0.283 e. The Labute approximate surface area is 89.7 Å². The summed E-state index contributed by atoms with van der Waals surface area (Å²) in [7, 11) is 0. The van der Waals surface area contributed by atoms with Crippen LogP contribution in [0.4, 0.5) is 5.69 Å². The van der Waals surface area contributed by atoms with E-state index in [-0.39, 0.29) is 5.69 Å². The Morgan fingerprint density at radius 2 is 2.20 bits per heavy atom. The highest BCUT2D eigenvalue weighted by Crippen LogP contribution is 2.32. The number of nitro benzene ring substituents is 1. The van der Waals surface area contributed by atoms with Crippen LogP contribution in [0.25, 0.3) is 0 Å². The predicted octanol–water partition coefficient (Wildman–Crippen LogP) is 2.47. The van der Waals surface area contributed by atoms with Gasteiger partial charge in [-0.25, -0.2) is 4.98 Å². The molecule has 76 valence electrons. The molecule has 0 saturated carbocycles. The summed E-state index contributed by atoms with van der Waals surface area (Å²) in [4.78, 5) is 17.8. The van der Waals surface area contributed by atoms with Crippen LogP contribution in [0.15, 0.2) is 46.7 Å².